The van der Waals surface area contributed by atoms with Gasteiger partial charge in [-0.3, -0.25) is 4.79 Å². The molecule has 5 heteroatoms. The summed E-state index contributed by atoms with van der Waals surface area (Å²) < 4.78 is 6.24. The molecule has 0 spiro atoms. The Labute approximate surface area is 139 Å². The highest BCUT2D eigenvalue weighted by Crippen LogP contribution is 2.33. The van der Waals surface area contributed by atoms with Crippen molar-refractivity contribution in [1.82, 2.24) is 4.98 Å². The van der Waals surface area contributed by atoms with Crippen molar-refractivity contribution in [1.29, 1.82) is 0 Å². The number of rotatable bonds is 3. The molecule has 1 heterocycles. The van der Waals surface area contributed by atoms with E-state index in [0.29, 0.717) is 11.3 Å². The number of fused-ring (bicyclic) bond motifs is 1. The SMILES string of the molecule is COc1ccc2nc(C)sc2c1C(=O)Nc1ccc(C)cc1C. The number of nitrogens with zero attached hydrogens (tertiary/aromatic N) is 1. The van der Waals surface area contributed by atoms with Gasteiger partial charge in [0.15, 0.2) is 0 Å². The summed E-state index contributed by atoms with van der Waals surface area (Å²) >= 11 is 1.50. The molecular weight excluding hydrogens is 308 g/mol. The van der Waals surface area contributed by atoms with Crippen LogP contribution < -0.4 is 10.1 Å². The summed E-state index contributed by atoms with van der Waals surface area (Å²) in [4.78, 5) is 17.3. The molecule has 3 aromatic rings. The van der Waals surface area contributed by atoms with Gasteiger partial charge in [0.1, 0.15) is 11.3 Å². The first-order valence-electron chi connectivity index (χ1n) is 7.32. The molecule has 0 saturated carbocycles. The van der Waals surface area contributed by atoms with Gasteiger partial charge < -0.3 is 10.1 Å². The van der Waals surface area contributed by atoms with Crippen molar-refractivity contribution in [2.24, 2.45) is 0 Å². The normalized spacial score (nSPS) is 10.8. The maximum Gasteiger partial charge on any atom is 0.260 e. The molecular formula is C18H18N2O2S. The van der Waals surface area contributed by atoms with Gasteiger partial charge in [-0.1, -0.05) is 17.7 Å². The van der Waals surface area contributed by atoms with Crippen molar-refractivity contribution in [3.05, 3.63) is 52.0 Å². The van der Waals surface area contributed by atoms with Crippen molar-refractivity contribution in [3.63, 3.8) is 0 Å². The molecule has 0 radical (unpaired) electrons. The van der Waals surface area contributed by atoms with E-state index < -0.39 is 0 Å². The number of amides is 1. The van der Waals surface area contributed by atoms with Crippen molar-refractivity contribution in [2.45, 2.75) is 20.8 Å². The van der Waals surface area contributed by atoms with Gasteiger partial charge in [0, 0.05) is 5.69 Å². The van der Waals surface area contributed by atoms with E-state index in [1.807, 2.05) is 45.0 Å². The highest BCUT2D eigenvalue weighted by molar-refractivity contribution is 7.19. The van der Waals surface area contributed by atoms with Gasteiger partial charge in [0.25, 0.3) is 5.91 Å². The molecule has 0 saturated heterocycles. The van der Waals surface area contributed by atoms with E-state index in [2.05, 4.69) is 10.3 Å². The third kappa shape index (κ3) is 2.92. The summed E-state index contributed by atoms with van der Waals surface area (Å²) in [6.07, 6.45) is 0. The lowest BCUT2D eigenvalue weighted by atomic mass is 10.1. The molecule has 1 amide bonds. The van der Waals surface area contributed by atoms with Gasteiger partial charge in [-0.25, -0.2) is 4.98 Å². The third-order valence-electron chi connectivity index (χ3n) is 3.70. The fourth-order valence-electron chi connectivity index (χ4n) is 2.61. The Morgan fingerprint density at radius 1 is 1.17 bits per heavy atom. The standard InChI is InChI=1S/C18H18N2O2S/c1-10-5-6-13(11(2)9-10)20-18(21)16-15(22-4)8-7-14-17(16)23-12(3)19-14/h5-9H,1-4H3,(H,20,21). The number of hydrogen-bond acceptors (Lipinski definition) is 4. The van der Waals surface area contributed by atoms with Gasteiger partial charge in [-0.15, -0.1) is 11.3 Å². The number of carbonyl (C=O) groups is 1. The fourth-order valence-corrected chi connectivity index (χ4v) is 3.56. The molecule has 0 bridgehead atoms. The van der Waals surface area contributed by atoms with Crippen LogP contribution >= 0.6 is 11.3 Å². The van der Waals surface area contributed by atoms with Gasteiger partial charge >= 0.3 is 0 Å². The number of hydrogen-bond donors (Lipinski definition) is 1. The molecule has 0 aliphatic rings. The van der Waals surface area contributed by atoms with Crippen molar-refractivity contribution < 1.29 is 9.53 Å². The van der Waals surface area contributed by atoms with E-state index in [9.17, 15) is 4.79 Å². The Balaban J connectivity index is 2.06. The number of ether oxygens (including phenoxy) is 1. The number of aryl methyl sites for hydroxylation is 3. The van der Waals surface area contributed by atoms with Crippen LogP contribution in [0.15, 0.2) is 30.3 Å². The number of anilines is 1. The zero-order chi connectivity index (χ0) is 16.6. The van der Waals surface area contributed by atoms with Crippen LogP contribution in [0.25, 0.3) is 10.2 Å². The fraction of sp³-hybridized carbons (Fsp3) is 0.222. The molecule has 0 atom stereocenters. The Kier molecular flexibility index (Phi) is 4.05. The smallest absolute Gasteiger partial charge is 0.260 e. The maximum absolute atomic E-state index is 12.8. The zero-order valence-corrected chi connectivity index (χ0v) is 14.4. The minimum Gasteiger partial charge on any atom is -0.496 e. The molecule has 1 aromatic heterocycles. The van der Waals surface area contributed by atoms with E-state index in [0.717, 1.165) is 26.5 Å². The van der Waals surface area contributed by atoms with Crippen LogP contribution in [0.2, 0.25) is 0 Å². The summed E-state index contributed by atoms with van der Waals surface area (Å²) in [6.45, 7) is 5.95. The molecule has 118 valence electrons. The number of carbonyl (C=O) groups excluding carboxylic acids is 1. The summed E-state index contributed by atoms with van der Waals surface area (Å²) in [7, 11) is 1.57. The number of thiazole rings is 1. The predicted octanol–water partition coefficient (Wildman–Crippen LogP) is 4.48. The first-order chi connectivity index (χ1) is 11.0. The average molecular weight is 326 g/mol. The monoisotopic (exact) mass is 326 g/mol. The molecule has 1 N–H and O–H groups in total. The second-order valence-corrected chi connectivity index (χ2v) is 6.70. The molecule has 0 aliphatic heterocycles. The Bertz CT molecular complexity index is 899. The summed E-state index contributed by atoms with van der Waals surface area (Å²) in [6, 6.07) is 9.62. The average Bonchev–Trinajstić information content (AvgIpc) is 2.88. The van der Waals surface area contributed by atoms with Crippen LogP contribution in [0.3, 0.4) is 0 Å². The maximum atomic E-state index is 12.8. The number of aromatic nitrogens is 1. The quantitative estimate of drug-likeness (QED) is 0.772. The predicted molar refractivity (Wildman–Crippen MR) is 94.8 cm³/mol. The van der Waals surface area contributed by atoms with Gasteiger partial charge in [-0.2, -0.15) is 0 Å². The summed E-state index contributed by atoms with van der Waals surface area (Å²) in [5.74, 6) is 0.381. The molecule has 4 nitrogen and oxygen atoms in total. The Hall–Kier alpha value is -2.40. The van der Waals surface area contributed by atoms with Gasteiger partial charge in [0.05, 0.1) is 22.3 Å². The zero-order valence-electron chi connectivity index (χ0n) is 13.6. The van der Waals surface area contributed by atoms with Crippen LogP contribution in [0.5, 0.6) is 5.75 Å². The Morgan fingerprint density at radius 2 is 1.96 bits per heavy atom. The second kappa shape index (κ2) is 6.01. The second-order valence-electron chi connectivity index (χ2n) is 5.50. The number of nitrogens with one attached hydrogen (secondary N) is 1. The van der Waals surface area contributed by atoms with E-state index in [4.69, 9.17) is 4.74 Å². The van der Waals surface area contributed by atoms with E-state index in [-0.39, 0.29) is 5.91 Å². The minimum atomic E-state index is -0.178. The molecule has 0 aliphatic carbocycles. The lowest BCUT2D eigenvalue weighted by Gasteiger charge is -2.12. The lowest BCUT2D eigenvalue weighted by Crippen LogP contribution is -2.14. The lowest BCUT2D eigenvalue weighted by molar-refractivity contribution is 0.102. The number of benzene rings is 2. The molecule has 0 unspecified atom stereocenters. The van der Waals surface area contributed by atoms with Crippen molar-refractivity contribution in [3.8, 4) is 5.75 Å². The van der Waals surface area contributed by atoms with Crippen LogP contribution in [0.4, 0.5) is 5.69 Å². The van der Waals surface area contributed by atoms with Gasteiger partial charge in [-0.05, 0) is 44.5 Å². The molecule has 23 heavy (non-hydrogen) atoms. The summed E-state index contributed by atoms with van der Waals surface area (Å²) in [5.41, 5.74) is 4.36. The highest BCUT2D eigenvalue weighted by Gasteiger charge is 2.19. The van der Waals surface area contributed by atoms with Crippen molar-refractivity contribution >= 4 is 33.1 Å². The van der Waals surface area contributed by atoms with Crippen LogP contribution in [0.1, 0.15) is 26.5 Å². The largest absolute Gasteiger partial charge is 0.496 e. The third-order valence-corrected chi connectivity index (χ3v) is 4.71. The first kappa shape index (κ1) is 15.5. The summed E-state index contributed by atoms with van der Waals surface area (Å²) in [5, 5.41) is 3.91. The molecule has 0 fully saturated rings. The van der Waals surface area contributed by atoms with Crippen LogP contribution in [-0.4, -0.2) is 18.0 Å². The molecule has 3 rings (SSSR count). The van der Waals surface area contributed by atoms with E-state index in [1.165, 1.54) is 16.9 Å². The minimum absolute atomic E-state index is 0.178. The van der Waals surface area contributed by atoms with Crippen LogP contribution in [-0.2, 0) is 0 Å². The van der Waals surface area contributed by atoms with Crippen molar-refractivity contribution in [2.75, 3.05) is 12.4 Å². The van der Waals surface area contributed by atoms with E-state index >= 15 is 0 Å². The van der Waals surface area contributed by atoms with Gasteiger partial charge in [0.2, 0.25) is 0 Å². The number of methoxy groups -OCH3 is 1. The van der Waals surface area contributed by atoms with Crippen LogP contribution in [0, 0.1) is 20.8 Å². The topological polar surface area (TPSA) is 51.2 Å². The van der Waals surface area contributed by atoms with E-state index in [1.54, 1.807) is 13.2 Å². The first-order valence-corrected chi connectivity index (χ1v) is 8.14. The molecule has 2 aromatic carbocycles. The Morgan fingerprint density at radius 3 is 2.65 bits per heavy atom. The highest BCUT2D eigenvalue weighted by atomic mass is 32.1.